The second-order valence-electron chi connectivity index (χ2n) is 8.74. The molecule has 3 aromatic rings. The maximum Gasteiger partial charge on any atom is 0.251 e. The van der Waals surface area contributed by atoms with Crippen molar-refractivity contribution in [3.05, 3.63) is 50.1 Å². The molecule has 3 N–H and O–H groups in total. The number of nitrogens with one attached hydrogen (secondary N) is 1. The van der Waals surface area contributed by atoms with E-state index in [0.29, 0.717) is 56.9 Å². The molecule has 0 bridgehead atoms. The topological polar surface area (TPSA) is 112 Å². The van der Waals surface area contributed by atoms with Crippen molar-refractivity contribution >= 4 is 63.1 Å². The highest BCUT2D eigenvalue weighted by Gasteiger charge is 2.27. The summed E-state index contributed by atoms with van der Waals surface area (Å²) < 4.78 is 7.59. The Morgan fingerprint density at radius 2 is 2.14 bits per heavy atom. The van der Waals surface area contributed by atoms with Gasteiger partial charge in [-0.3, -0.25) is 9.59 Å². The predicted molar refractivity (Wildman–Crippen MR) is 145 cm³/mol. The lowest BCUT2D eigenvalue weighted by Gasteiger charge is -2.18. The van der Waals surface area contributed by atoms with E-state index in [1.165, 1.54) is 23.1 Å². The van der Waals surface area contributed by atoms with Crippen molar-refractivity contribution in [2.45, 2.75) is 44.2 Å². The molecule has 0 saturated heterocycles. The smallest absolute Gasteiger partial charge is 0.251 e. The molecule has 0 spiro atoms. The number of amides is 2. The quantitative estimate of drug-likeness (QED) is 0.259. The van der Waals surface area contributed by atoms with E-state index in [2.05, 4.69) is 22.4 Å². The Hall–Kier alpha value is -2.27. The highest BCUT2D eigenvalue weighted by atomic mass is 35.5. The van der Waals surface area contributed by atoms with Crippen LogP contribution in [0.25, 0.3) is 0 Å². The van der Waals surface area contributed by atoms with Gasteiger partial charge in [-0.1, -0.05) is 41.9 Å². The van der Waals surface area contributed by atoms with Crippen LogP contribution in [0.5, 0.6) is 5.75 Å². The Labute approximate surface area is 227 Å². The molecule has 0 aliphatic heterocycles. The fourth-order valence-electron chi connectivity index (χ4n) is 4.09. The third kappa shape index (κ3) is 6.34. The van der Waals surface area contributed by atoms with E-state index in [9.17, 15) is 9.59 Å². The minimum Gasteiger partial charge on any atom is -0.492 e. The number of primary amides is 1. The molecule has 1 aliphatic carbocycles. The van der Waals surface area contributed by atoms with Crippen LogP contribution >= 0.6 is 46.3 Å². The van der Waals surface area contributed by atoms with Gasteiger partial charge in [0, 0.05) is 23.4 Å². The minimum atomic E-state index is -0.495. The van der Waals surface area contributed by atoms with Crippen molar-refractivity contribution in [2.24, 2.45) is 18.7 Å². The zero-order valence-electron chi connectivity index (χ0n) is 20.0. The van der Waals surface area contributed by atoms with Crippen LogP contribution in [-0.4, -0.2) is 38.9 Å². The number of carbonyl (C=O) groups is 2. The largest absolute Gasteiger partial charge is 0.492 e. The van der Waals surface area contributed by atoms with Crippen LogP contribution in [0.3, 0.4) is 0 Å². The van der Waals surface area contributed by atoms with Gasteiger partial charge in [0.2, 0.25) is 5.91 Å². The number of thioether (sulfide) groups is 1. The molecular formula is C24H27Cl2N5O3S2. The summed E-state index contributed by atoms with van der Waals surface area (Å²) in [4.78, 5) is 25.9. The van der Waals surface area contributed by atoms with Crippen LogP contribution in [0.15, 0.2) is 23.4 Å². The second-order valence-corrected chi connectivity index (χ2v) is 11.6. The minimum absolute atomic E-state index is 0.140. The predicted octanol–water partition coefficient (Wildman–Crippen LogP) is 5.15. The van der Waals surface area contributed by atoms with Gasteiger partial charge in [-0.15, -0.1) is 21.5 Å². The zero-order valence-corrected chi connectivity index (χ0v) is 23.1. The molecule has 0 saturated carbocycles. The van der Waals surface area contributed by atoms with E-state index in [-0.39, 0.29) is 11.7 Å². The number of hydrogen-bond donors (Lipinski definition) is 2. The third-order valence-electron chi connectivity index (χ3n) is 5.96. The maximum atomic E-state index is 12.7. The second kappa shape index (κ2) is 11.9. The standard InChI is InChI=1S/C24H27Cl2N5O3S2/c1-13-5-7-15-18(10-13)36-23(21(15)22(27)33)28-20(32)12-35-24-30-29-19(31(24)2)4-3-9-34-17-8-6-14(25)11-16(17)26/h6,8,11,13H,3-5,7,9-10,12H2,1-2H3,(H2,27,33)(H,28,32). The first kappa shape index (κ1) is 26.8. The summed E-state index contributed by atoms with van der Waals surface area (Å²) in [5.41, 5.74) is 7.10. The van der Waals surface area contributed by atoms with Crippen LogP contribution in [0, 0.1) is 5.92 Å². The summed E-state index contributed by atoms with van der Waals surface area (Å²) in [5.74, 6) is 1.36. The number of aryl methyl sites for hydroxylation is 1. The van der Waals surface area contributed by atoms with Crippen LogP contribution in [0.2, 0.25) is 10.0 Å². The van der Waals surface area contributed by atoms with E-state index in [1.807, 2.05) is 11.6 Å². The van der Waals surface area contributed by atoms with E-state index in [0.717, 1.165) is 35.5 Å². The number of ether oxygens (including phenoxy) is 1. The fourth-order valence-corrected chi connectivity index (χ4v) is 6.71. The first-order valence-corrected chi connectivity index (χ1v) is 14.1. The molecule has 1 aromatic carbocycles. The number of carbonyl (C=O) groups excluding carboxylic acids is 2. The molecular weight excluding hydrogens is 541 g/mol. The Balaban J connectivity index is 1.28. The van der Waals surface area contributed by atoms with E-state index in [4.69, 9.17) is 33.7 Å². The van der Waals surface area contributed by atoms with E-state index < -0.39 is 5.91 Å². The first-order chi connectivity index (χ1) is 17.2. The Bertz CT molecular complexity index is 1280. The Morgan fingerprint density at radius 3 is 2.89 bits per heavy atom. The molecule has 12 heteroatoms. The molecule has 2 heterocycles. The number of thiophene rings is 1. The monoisotopic (exact) mass is 567 g/mol. The molecule has 4 rings (SSSR count). The van der Waals surface area contributed by atoms with Crippen LogP contribution in [0.1, 0.15) is 46.4 Å². The molecule has 1 atom stereocenters. The fraction of sp³-hybridized carbons (Fsp3) is 0.417. The SMILES string of the molecule is CC1CCc2c(sc(NC(=O)CSc3nnc(CCCOc4ccc(Cl)cc4Cl)n3C)c2C(N)=O)C1. The van der Waals surface area contributed by atoms with Gasteiger partial charge in [0.15, 0.2) is 5.16 Å². The highest BCUT2D eigenvalue weighted by Crippen LogP contribution is 2.39. The van der Waals surface area contributed by atoms with E-state index >= 15 is 0 Å². The lowest BCUT2D eigenvalue weighted by atomic mass is 9.88. The van der Waals surface area contributed by atoms with Gasteiger partial charge >= 0.3 is 0 Å². The number of anilines is 1. The Morgan fingerprint density at radius 1 is 1.33 bits per heavy atom. The number of nitrogens with zero attached hydrogens (tertiary/aromatic N) is 3. The molecule has 36 heavy (non-hydrogen) atoms. The molecule has 8 nitrogen and oxygen atoms in total. The summed E-state index contributed by atoms with van der Waals surface area (Å²) in [5, 5.41) is 13.6. The van der Waals surface area contributed by atoms with Crippen molar-refractivity contribution in [1.82, 2.24) is 14.8 Å². The normalized spacial score (nSPS) is 14.9. The number of benzene rings is 1. The number of hydrogen-bond acceptors (Lipinski definition) is 7. The van der Waals surface area contributed by atoms with Crippen LogP contribution < -0.4 is 15.8 Å². The van der Waals surface area contributed by atoms with E-state index in [1.54, 1.807) is 18.2 Å². The molecule has 192 valence electrons. The third-order valence-corrected chi connectivity index (χ3v) is 8.69. The number of rotatable bonds is 10. The summed E-state index contributed by atoms with van der Waals surface area (Å²) in [6, 6.07) is 5.11. The number of nitrogens with two attached hydrogens (primary N) is 1. The van der Waals surface area contributed by atoms with Crippen molar-refractivity contribution in [1.29, 1.82) is 0 Å². The van der Waals surface area contributed by atoms with Gasteiger partial charge in [0.05, 0.1) is 22.9 Å². The summed E-state index contributed by atoms with van der Waals surface area (Å²) in [6.07, 6.45) is 4.11. The van der Waals surface area contributed by atoms with Gasteiger partial charge in [0.1, 0.15) is 16.6 Å². The average Bonchev–Trinajstić information content (AvgIpc) is 3.35. The number of aromatic nitrogens is 3. The van der Waals surface area contributed by atoms with Gasteiger partial charge < -0.3 is 20.4 Å². The lowest BCUT2D eigenvalue weighted by Crippen LogP contribution is -2.20. The summed E-state index contributed by atoms with van der Waals surface area (Å²) in [7, 11) is 1.87. The average molecular weight is 569 g/mol. The van der Waals surface area contributed by atoms with Crippen molar-refractivity contribution < 1.29 is 14.3 Å². The van der Waals surface area contributed by atoms with Gasteiger partial charge in [-0.25, -0.2) is 0 Å². The van der Waals surface area contributed by atoms with Crippen molar-refractivity contribution in [3.8, 4) is 5.75 Å². The van der Waals surface area contributed by atoms with Crippen molar-refractivity contribution in [2.75, 3.05) is 17.7 Å². The molecule has 1 aliphatic rings. The van der Waals surface area contributed by atoms with Crippen LogP contribution in [-0.2, 0) is 31.1 Å². The number of fused-ring (bicyclic) bond motifs is 1. The molecule has 1 unspecified atom stereocenters. The number of halogens is 2. The zero-order chi connectivity index (χ0) is 25.8. The molecule has 0 fully saturated rings. The van der Waals surface area contributed by atoms with Crippen LogP contribution in [0.4, 0.5) is 5.00 Å². The highest BCUT2D eigenvalue weighted by molar-refractivity contribution is 7.99. The lowest BCUT2D eigenvalue weighted by molar-refractivity contribution is -0.113. The van der Waals surface area contributed by atoms with Gasteiger partial charge in [-0.05, 0) is 55.4 Å². The maximum absolute atomic E-state index is 12.7. The summed E-state index contributed by atoms with van der Waals surface area (Å²) >= 11 is 14.8. The van der Waals surface area contributed by atoms with Gasteiger partial charge in [0.25, 0.3) is 5.91 Å². The van der Waals surface area contributed by atoms with Crippen molar-refractivity contribution in [3.63, 3.8) is 0 Å². The van der Waals surface area contributed by atoms with Gasteiger partial charge in [-0.2, -0.15) is 0 Å². The molecule has 2 aromatic heterocycles. The Kier molecular flexibility index (Phi) is 8.82. The molecule has 2 amide bonds. The summed E-state index contributed by atoms with van der Waals surface area (Å²) in [6.45, 7) is 2.66. The molecule has 0 radical (unpaired) electrons. The first-order valence-electron chi connectivity index (χ1n) is 11.6.